The van der Waals surface area contributed by atoms with Gasteiger partial charge in [-0.1, -0.05) is 6.92 Å². The smallest absolute Gasteiger partial charge is 0.321 e. The van der Waals surface area contributed by atoms with Crippen LogP contribution in [-0.2, 0) is 14.8 Å². The Morgan fingerprint density at radius 3 is 2.42 bits per heavy atom. The summed E-state index contributed by atoms with van der Waals surface area (Å²) < 4.78 is 59.9. The van der Waals surface area contributed by atoms with Gasteiger partial charge in [-0.15, -0.1) is 0 Å². The number of fused-ring (bicyclic) bond motifs is 1. The van der Waals surface area contributed by atoms with Gasteiger partial charge in [0, 0.05) is 44.0 Å². The molecule has 0 spiro atoms. The Labute approximate surface area is 293 Å². The first-order valence-electron chi connectivity index (χ1n) is 16.6. The van der Waals surface area contributed by atoms with Crippen LogP contribution in [0.25, 0.3) is 0 Å². The van der Waals surface area contributed by atoms with Crippen LogP contribution in [0.15, 0.2) is 71.6 Å². The highest BCUT2D eigenvalue weighted by atomic mass is 32.2. The molecule has 0 radical (unpaired) electrons. The minimum atomic E-state index is -4.11. The molecule has 0 aliphatic carbocycles. The van der Waals surface area contributed by atoms with Gasteiger partial charge in [0.1, 0.15) is 17.3 Å². The van der Waals surface area contributed by atoms with Gasteiger partial charge in [-0.05, 0) is 99.8 Å². The molecular formula is C36H47FN4O8S. The Bertz CT molecular complexity index is 1690. The minimum absolute atomic E-state index is 0.106. The summed E-state index contributed by atoms with van der Waals surface area (Å²) in [6, 6.07) is 14.9. The number of urea groups is 1. The second-order valence-corrected chi connectivity index (χ2v) is 14.3. The Morgan fingerprint density at radius 2 is 1.76 bits per heavy atom. The SMILES string of the molecule is COc1ccc(NC(=O)N(C)C[C@@H]2OCCCC[C@H](C)Oc3ccc(NS(=O)(=O)c4ccc(F)cc4)cc3C(=O)N([C@@H](C)CO)C[C@@H]2C)cc1. The molecule has 3 aromatic carbocycles. The number of ether oxygens (including phenoxy) is 3. The van der Waals surface area contributed by atoms with Crippen LogP contribution >= 0.6 is 0 Å². The summed E-state index contributed by atoms with van der Waals surface area (Å²) in [7, 11) is -0.872. The predicted octanol–water partition coefficient (Wildman–Crippen LogP) is 5.59. The summed E-state index contributed by atoms with van der Waals surface area (Å²) in [5.41, 5.74) is 0.814. The lowest BCUT2D eigenvalue weighted by Crippen LogP contribution is -2.48. The monoisotopic (exact) mass is 714 g/mol. The van der Waals surface area contributed by atoms with Gasteiger partial charge in [0.2, 0.25) is 0 Å². The zero-order valence-corrected chi connectivity index (χ0v) is 29.9. The zero-order valence-electron chi connectivity index (χ0n) is 29.1. The quantitative estimate of drug-likeness (QED) is 0.260. The number of carbonyl (C=O) groups excluding carboxylic acids is 2. The molecular weight excluding hydrogens is 667 g/mol. The van der Waals surface area contributed by atoms with Crippen molar-refractivity contribution in [3.8, 4) is 11.5 Å². The summed E-state index contributed by atoms with van der Waals surface area (Å²) in [4.78, 5) is 30.4. The van der Waals surface area contributed by atoms with Crippen LogP contribution in [0.4, 0.5) is 20.6 Å². The van der Waals surface area contributed by atoms with Crippen LogP contribution < -0.4 is 19.5 Å². The highest BCUT2D eigenvalue weighted by Gasteiger charge is 2.31. The Morgan fingerprint density at radius 1 is 1.08 bits per heavy atom. The number of carbonyl (C=O) groups is 2. The first kappa shape index (κ1) is 38.4. The number of nitrogens with one attached hydrogen (secondary N) is 2. The molecule has 3 N–H and O–H groups in total. The van der Waals surface area contributed by atoms with Crippen molar-refractivity contribution in [2.24, 2.45) is 5.92 Å². The van der Waals surface area contributed by atoms with Crippen molar-refractivity contribution >= 4 is 33.3 Å². The number of anilines is 2. The molecule has 272 valence electrons. The molecule has 1 heterocycles. The molecule has 0 aromatic heterocycles. The maximum atomic E-state index is 14.4. The van der Waals surface area contributed by atoms with Gasteiger partial charge in [-0.2, -0.15) is 0 Å². The number of methoxy groups -OCH3 is 1. The molecule has 50 heavy (non-hydrogen) atoms. The lowest BCUT2D eigenvalue weighted by Gasteiger charge is -2.35. The van der Waals surface area contributed by atoms with Crippen LogP contribution in [0.5, 0.6) is 11.5 Å². The minimum Gasteiger partial charge on any atom is -0.497 e. The molecule has 4 rings (SSSR count). The van der Waals surface area contributed by atoms with Crippen molar-refractivity contribution in [3.63, 3.8) is 0 Å². The summed E-state index contributed by atoms with van der Waals surface area (Å²) in [6.07, 6.45) is 1.44. The van der Waals surface area contributed by atoms with Gasteiger partial charge >= 0.3 is 6.03 Å². The summed E-state index contributed by atoms with van der Waals surface area (Å²) in [5, 5.41) is 13.1. The molecule has 0 saturated heterocycles. The van der Waals surface area contributed by atoms with E-state index < -0.39 is 33.9 Å². The number of halogens is 1. The van der Waals surface area contributed by atoms with Crippen LogP contribution in [0, 0.1) is 11.7 Å². The van der Waals surface area contributed by atoms with E-state index in [1.54, 1.807) is 51.4 Å². The third kappa shape index (κ3) is 10.3. The molecule has 3 aromatic rings. The molecule has 0 unspecified atom stereocenters. The number of nitrogens with zero attached hydrogens (tertiary/aromatic N) is 2. The number of aliphatic hydroxyl groups excluding tert-OH is 1. The van der Waals surface area contributed by atoms with Crippen molar-refractivity contribution in [2.45, 2.75) is 63.2 Å². The van der Waals surface area contributed by atoms with Crippen LogP contribution in [0.3, 0.4) is 0 Å². The number of hydrogen-bond donors (Lipinski definition) is 3. The second kappa shape index (κ2) is 17.5. The summed E-state index contributed by atoms with van der Waals surface area (Å²) in [6.45, 7) is 6.00. The van der Waals surface area contributed by atoms with Gasteiger partial charge in [-0.3, -0.25) is 9.52 Å². The predicted molar refractivity (Wildman–Crippen MR) is 189 cm³/mol. The number of hydrogen-bond acceptors (Lipinski definition) is 8. The highest BCUT2D eigenvalue weighted by Crippen LogP contribution is 2.30. The van der Waals surface area contributed by atoms with Gasteiger partial charge < -0.3 is 34.4 Å². The average Bonchev–Trinajstić information content (AvgIpc) is 3.09. The van der Waals surface area contributed by atoms with Crippen molar-refractivity contribution < 1.29 is 41.7 Å². The van der Waals surface area contributed by atoms with Crippen molar-refractivity contribution in [1.82, 2.24) is 9.80 Å². The fourth-order valence-electron chi connectivity index (χ4n) is 5.52. The van der Waals surface area contributed by atoms with E-state index in [0.717, 1.165) is 37.1 Å². The lowest BCUT2D eigenvalue weighted by atomic mass is 10.0. The zero-order chi connectivity index (χ0) is 36.4. The Hall–Kier alpha value is -4.40. The number of benzene rings is 3. The Balaban J connectivity index is 1.61. The van der Waals surface area contributed by atoms with E-state index in [4.69, 9.17) is 14.2 Å². The van der Waals surface area contributed by atoms with E-state index in [0.29, 0.717) is 24.5 Å². The van der Waals surface area contributed by atoms with Crippen molar-refractivity contribution in [1.29, 1.82) is 0 Å². The standard InChI is InChI=1S/C36H47FN4O8S/c1-24-21-41(25(2)23-42)35(43)32-20-29(39-50(45,46)31-16-9-27(37)10-17-31)13-18-33(32)49-26(3)8-6-7-19-48-34(24)22-40(4)36(44)38-28-11-14-30(47-5)15-12-28/h9-18,20,24-26,34,39,42H,6-8,19,21-23H2,1-5H3,(H,38,44)/t24-,25-,26-,34-/m0/s1. The van der Waals surface area contributed by atoms with Gasteiger partial charge in [0.05, 0.1) is 42.4 Å². The third-order valence-electron chi connectivity index (χ3n) is 8.57. The largest absolute Gasteiger partial charge is 0.497 e. The highest BCUT2D eigenvalue weighted by molar-refractivity contribution is 7.92. The first-order valence-corrected chi connectivity index (χ1v) is 18.1. The molecule has 4 atom stereocenters. The van der Waals surface area contributed by atoms with Gasteiger partial charge in [0.25, 0.3) is 15.9 Å². The van der Waals surface area contributed by atoms with Crippen LogP contribution in [0.1, 0.15) is 50.4 Å². The summed E-state index contributed by atoms with van der Waals surface area (Å²) in [5.74, 6) is -0.411. The number of aliphatic hydroxyl groups is 1. The topological polar surface area (TPSA) is 147 Å². The van der Waals surface area contributed by atoms with E-state index in [1.165, 1.54) is 21.9 Å². The molecule has 0 bridgehead atoms. The molecule has 3 amide bonds. The number of rotatable bonds is 9. The van der Waals surface area contributed by atoms with E-state index >= 15 is 0 Å². The first-order chi connectivity index (χ1) is 23.8. The average molecular weight is 715 g/mol. The lowest BCUT2D eigenvalue weighted by molar-refractivity contribution is -0.0115. The molecule has 1 aliphatic rings. The van der Waals surface area contributed by atoms with E-state index in [2.05, 4.69) is 10.0 Å². The Kier molecular flexibility index (Phi) is 13.4. The van der Waals surface area contributed by atoms with E-state index in [-0.39, 0.29) is 59.6 Å². The molecule has 12 nitrogen and oxygen atoms in total. The van der Waals surface area contributed by atoms with Gasteiger partial charge in [-0.25, -0.2) is 17.6 Å². The molecule has 1 aliphatic heterocycles. The molecule has 14 heteroatoms. The summed E-state index contributed by atoms with van der Waals surface area (Å²) >= 11 is 0. The molecule has 0 fully saturated rings. The number of amides is 3. The third-order valence-corrected chi connectivity index (χ3v) is 9.97. The maximum absolute atomic E-state index is 14.4. The van der Waals surface area contributed by atoms with E-state index in [1.807, 2.05) is 13.8 Å². The van der Waals surface area contributed by atoms with Crippen LogP contribution in [0.2, 0.25) is 0 Å². The second-order valence-electron chi connectivity index (χ2n) is 12.6. The normalized spacial score (nSPS) is 19.7. The number of sulfonamides is 1. The van der Waals surface area contributed by atoms with Crippen molar-refractivity contribution in [2.75, 3.05) is 50.5 Å². The maximum Gasteiger partial charge on any atom is 0.321 e. The van der Waals surface area contributed by atoms with E-state index in [9.17, 15) is 27.5 Å². The number of likely N-dealkylation sites (N-methyl/N-ethyl adjacent to an activating group) is 1. The fourth-order valence-corrected chi connectivity index (χ4v) is 6.57. The van der Waals surface area contributed by atoms with Gasteiger partial charge in [0.15, 0.2) is 0 Å². The fraction of sp³-hybridized carbons (Fsp3) is 0.444. The van der Waals surface area contributed by atoms with Crippen LogP contribution in [-0.4, -0.2) is 94.0 Å². The van der Waals surface area contributed by atoms with Crippen molar-refractivity contribution in [3.05, 3.63) is 78.1 Å². The molecule has 0 saturated carbocycles.